The van der Waals surface area contributed by atoms with E-state index in [0.29, 0.717) is 36.6 Å². The van der Waals surface area contributed by atoms with Crippen LogP contribution in [0.1, 0.15) is 38.4 Å². The van der Waals surface area contributed by atoms with Crippen LogP contribution in [-0.4, -0.2) is 74.0 Å². The second-order valence-electron chi connectivity index (χ2n) is 7.46. The van der Waals surface area contributed by atoms with Gasteiger partial charge in [-0.15, -0.1) is 0 Å². The minimum atomic E-state index is -2.68. The van der Waals surface area contributed by atoms with Gasteiger partial charge in [0, 0.05) is 25.7 Å². The molecule has 2 unspecified atom stereocenters. The van der Waals surface area contributed by atoms with Crippen LogP contribution in [-0.2, 0) is 11.3 Å². The zero-order valence-electron chi connectivity index (χ0n) is 16.1. The van der Waals surface area contributed by atoms with Crippen molar-refractivity contribution in [1.29, 1.82) is 0 Å². The smallest absolute Gasteiger partial charge is 0.295 e. The van der Waals surface area contributed by atoms with Gasteiger partial charge >= 0.3 is 0 Å². The standard InChI is InChI=1S/C18H25F2N7O/c1-3-27-16-13(24-17(27)14(19)20)15(21-10-22-16)23-11-6-8-26(9-11)18(28)12-5-4-7-25(12)2/h10-12,14H,3-9H2,1-2H3,(H,21,22,23). The predicted octanol–water partition coefficient (Wildman–Crippen LogP) is 1.89. The Kier molecular flexibility index (Phi) is 5.13. The summed E-state index contributed by atoms with van der Waals surface area (Å²) in [4.78, 5) is 29.2. The lowest BCUT2D eigenvalue weighted by atomic mass is 10.2. The maximum Gasteiger partial charge on any atom is 0.295 e. The van der Waals surface area contributed by atoms with Crippen LogP contribution >= 0.6 is 0 Å². The molecule has 2 aliphatic rings. The van der Waals surface area contributed by atoms with Gasteiger partial charge in [0.05, 0.1) is 6.04 Å². The summed E-state index contributed by atoms with van der Waals surface area (Å²) in [7, 11) is 1.99. The lowest BCUT2D eigenvalue weighted by molar-refractivity contribution is -0.134. The maximum absolute atomic E-state index is 13.3. The highest BCUT2D eigenvalue weighted by atomic mass is 19.3. The van der Waals surface area contributed by atoms with Crippen molar-refractivity contribution >= 4 is 22.9 Å². The number of carbonyl (C=O) groups is 1. The number of nitrogens with zero attached hydrogens (tertiary/aromatic N) is 6. The molecule has 2 saturated heterocycles. The molecule has 152 valence electrons. The molecule has 4 rings (SSSR count). The van der Waals surface area contributed by atoms with E-state index in [4.69, 9.17) is 0 Å². The number of hydrogen-bond acceptors (Lipinski definition) is 6. The van der Waals surface area contributed by atoms with Crippen molar-refractivity contribution in [3.05, 3.63) is 12.2 Å². The molecule has 1 N–H and O–H groups in total. The van der Waals surface area contributed by atoms with Gasteiger partial charge in [-0.1, -0.05) is 0 Å². The third-order valence-corrected chi connectivity index (χ3v) is 5.72. The van der Waals surface area contributed by atoms with Gasteiger partial charge in [-0.05, 0) is 39.8 Å². The van der Waals surface area contributed by atoms with Gasteiger partial charge in [0.1, 0.15) is 6.33 Å². The Morgan fingerprint density at radius 3 is 2.82 bits per heavy atom. The first-order valence-electron chi connectivity index (χ1n) is 9.74. The number of aromatic nitrogens is 4. The minimum absolute atomic E-state index is 0.00976. The van der Waals surface area contributed by atoms with Crippen molar-refractivity contribution in [2.75, 3.05) is 32.0 Å². The third-order valence-electron chi connectivity index (χ3n) is 5.72. The van der Waals surface area contributed by atoms with Crippen LogP contribution in [0.5, 0.6) is 0 Å². The van der Waals surface area contributed by atoms with Gasteiger partial charge in [-0.2, -0.15) is 0 Å². The second-order valence-corrected chi connectivity index (χ2v) is 7.46. The third kappa shape index (κ3) is 3.30. The number of alkyl halides is 2. The fraction of sp³-hybridized carbons (Fsp3) is 0.667. The summed E-state index contributed by atoms with van der Waals surface area (Å²) >= 11 is 0. The monoisotopic (exact) mass is 393 g/mol. The molecule has 2 fully saturated rings. The van der Waals surface area contributed by atoms with Crippen LogP contribution < -0.4 is 5.32 Å². The zero-order valence-corrected chi connectivity index (χ0v) is 16.1. The summed E-state index contributed by atoms with van der Waals surface area (Å²) in [6, 6.07) is -0.0195. The van der Waals surface area contributed by atoms with E-state index in [0.717, 1.165) is 25.8 Å². The summed E-state index contributed by atoms with van der Waals surface area (Å²) in [6.45, 7) is 4.35. The van der Waals surface area contributed by atoms with E-state index in [2.05, 4.69) is 25.2 Å². The number of amides is 1. The average molecular weight is 393 g/mol. The van der Waals surface area contributed by atoms with Crippen LogP contribution in [0.2, 0.25) is 0 Å². The van der Waals surface area contributed by atoms with Gasteiger partial charge in [0.15, 0.2) is 22.8 Å². The van der Waals surface area contributed by atoms with Crippen LogP contribution in [0.4, 0.5) is 14.6 Å². The van der Waals surface area contributed by atoms with Gasteiger partial charge in [-0.25, -0.2) is 23.7 Å². The fourth-order valence-corrected chi connectivity index (χ4v) is 4.24. The van der Waals surface area contributed by atoms with E-state index in [-0.39, 0.29) is 23.8 Å². The number of rotatable bonds is 5. The molecule has 2 aromatic heterocycles. The molecule has 4 heterocycles. The highest BCUT2D eigenvalue weighted by Gasteiger charge is 2.35. The van der Waals surface area contributed by atoms with Gasteiger partial charge in [-0.3, -0.25) is 9.69 Å². The van der Waals surface area contributed by atoms with Crippen molar-refractivity contribution in [1.82, 2.24) is 29.3 Å². The fourth-order valence-electron chi connectivity index (χ4n) is 4.24. The number of likely N-dealkylation sites (N-methyl/N-ethyl adjacent to an activating group) is 1. The van der Waals surface area contributed by atoms with Crippen molar-refractivity contribution < 1.29 is 13.6 Å². The molecular formula is C18H25F2N7O. The molecule has 0 spiro atoms. The molecular weight excluding hydrogens is 368 g/mol. The SMILES string of the molecule is CCn1c(C(F)F)nc2c(NC3CCN(C(=O)C4CCCN4C)C3)ncnc21. The summed E-state index contributed by atoms with van der Waals surface area (Å²) in [5.74, 6) is 0.317. The topological polar surface area (TPSA) is 79.2 Å². The highest BCUT2D eigenvalue weighted by molar-refractivity contribution is 5.84. The number of hydrogen-bond donors (Lipinski definition) is 1. The normalized spacial score (nSPS) is 23.2. The molecule has 0 aromatic carbocycles. The Morgan fingerprint density at radius 1 is 1.32 bits per heavy atom. The van der Waals surface area contributed by atoms with E-state index in [1.165, 1.54) is 10.9 Å². The maximum atomic E-state index is 13.3. The second kappa shape index (κ2) is 7.57. The van der Waals surface area contributed by atoms with E-state index in [1.54, 1.807) is 6.92 Å². The van der Waals surface area contributed by atoms with E-state index in [9.17, 15) is 13.6 Å². The number of nitrogens with one attached hydrogen (secondary N) is 1. The first-order chi connectivity index (χ1) is 13.5. The lowest BCUT2D eigenvalue weighted by Gasteiger charge is -2.25. The molecule has 8 nitrogen and oxygen atoms in total. The largest absolute Gasteiger partial charge is 0.364 e. The quantitative estimate of drug-likeness (QED) is 0.836. The minimum Gasteiger partial charge on any atom is -0.364 e. The van der Waals surface area contributed by atoms with Crippen LogP contribution in [0, 0.1) is 0 Å². The molecule has 2 atom stereocenters. The lowest BCUT2D eigenvalue weighted by Crippen LogP contribution is -2.44. The molecule has 2 aliphatic heterocycles. The Bertz CT molecular complexity index is 871. The van der Waals surface area contributed by atoms with Gasteiger partial charge in [0.25, 0.3) is 6.43 Å². The zero-order chi connectivity index (χ0) is 19.8. The van der Waals surface area contributed by atoms with Crippen molar-refractivity contribution in [2.45, 2.75) is 51.2 Å². The molecule has 10 heteroatoms. The number of aryl methyl sites for hydroxylation is 1. The number of anilines is 1. The van der Waals surface area contributed by atoms with Gasteiger partial charge < -0.3 is 14.8 Å². The van der Waals surface area contributed by atoms with Crippen LogP contribution in [0.25, 0.3) is 11.2 Å². The number of likely N-dealkylation sites (tertiary alicyclic amines) is 2. The van der Waals surface area contributed by atoms with E-state index < -0.39 is 6.43 Å². The molecule has 2 aromatic rings. The molecule has 0 radical (unpaired) electrons. The number of halogens is 2. The first-order valence-corrected chi connectivity index (χ1v) is 9.74. The number of imidazole rings is 1. The summed E-state index contributed by atoms with van der Waals surface area (Å²) in [5, 5.41) is 3.29. The molecule has 28 heavy (non-hydrogen) atoms. The average Bonchev–Trinajstić information content (AvgIpc) is 3.39. The molecule has 0 saturated carbocycles. The van der Waals surface area contributed by atoms with E-state index in [1.807, 2.05) is 11.9 Å². The van der Waals surface area contributed by atoms with Crippen molar-refractivity contribution in [2.24, 2.45) is 0 Å². The van der Waals surface area contributed by atoms with Crippen LogP contribution in [0.15, 0.2) is 6.33 Å². The summed E-state index contributed by atoms with van der Waals surface area (Å²) in [5.41, 5.74) is 0.744. The molecule has 1 amide bonds. The Morgan fingerprint density at radius 2 is 2.14 bits per heavy atom. The Balaban J connectivity index is 1.51. The number of fused-ring (bicyclic) bond motifs is 1. The first kappa shape index (κ1) is 19.0. The van der Waals surface area contributed by atoms with Gasteiger partial charge in [0.2, 0.25) is 5.91 Å². The summed E-state index contributed by atoms with van der Waals surface area (Å²) in [6.07, 6.45) is 1.42. The Labute approximate surface area is 161 Å². The number of carbonyl (C=O) groups excluding carboxylic acids is 1. The summed E-state index contributed by atoms with van der Waals surface area (Å²) < 4.78 is 28.0. The van der Waals surface area contributed by atoms with Crippen molar-refractivity contribution in [3.63, 3.8) is 0 Å². The van der Waals surface area contributed by atoms with E-state index >= 15 is 0 Å². The molecule has 0 aliphatic carbocycles. The predicted molar refractivity (Wildman–Crippen MR) is 100 cm³/mol. The Hall–Kier alpha value is -2.36. The van der Waals surface area contributed by atoms with Crippen molar-refractivity contribution in [3.8, 4) is 0 Å². The van der Waals surface area contributed by atoms with Crippen LogP contribution in [0.3, 0.4) is 0 Å². The highest BCUT2D eigenvalue weighted by Crippen LogP contribution is 2.27. The molecule has 0 bridgehead atoms.